The number of nitrogens with one attached hydrogen (secondary N) is 1. The molecule has 96 valence electrons. The molecule has 0 spiro atoms. The van der Waals surface area contributed by atoms with E-state index < -0.39 is 0 Å². The quantitative estimate of drug-likeness (QED) is 0.927. The lowest BCUT2D eigenvalue weighted by molar-refractivity contribution is 0.658. The Morgan fingerprint density at radius 1 is 1.39 bits per heavy atom. The van der Waals surface area contributed by atoms with E-state index in [4.69, 9.17) is 23.2 Å². The highest BCUT2D eigenvalue weighted by atomic mass is 35.5. The highest BCUT2D eigenvalue weighted by molar-refractivity contribution is 7.15. The Morgan fingerprint density at radius 2 is 2.11 bits per heavy atom. The molecule has 0 amide bonds. The first-order valence-corrected chi connectivity index (χ1v) is 7.06. The van der Waals surface area contributed by atoms with Crippen LogP contribution in [0.2, 0.25) is 10.0 Å². The van der Waals surface area contributed by atoms with Crippen LogP contribution in [0.1, 0.15) is 23.5 Å². The molecule has 0 aliphatic carbocycles. The number of pyridine rings is 1. The molecular formula is C12H13Cl2N3S. The first kappa shape index (κ1) is 13.7. The third-order valence-corrected chi connectivity index (χ3v) is 4.51. The van der Waals surface area contributed by atoms with E-state index in [1.54, 1.807) is 23.6 Å². The monoisotopic (exact) mass is 301 g/mol. The lowest BCUT2D eigenvalue weighted by Gasteiger charge is -2.06. The van der Waals surface area contributed by atoms with Gasteiger partial charge in [-0.05, 0) is 27.0 Å². The summed E-state index contributed by atoms with van der Waals surface area (Å²) in [5.74, 6) is 0. The smallest absolute Gasteiger partial charge is 0.143 e. The summed E-state index contributed by atoms with van der Waals surface area (Å²) in [5.41, 5.74) is 1.69. The van der Waals surface area contributed by atoms with Crippen LogP contribution in [0.3, 0.4) is 0 Å². The highest BCUT2D eigenvalue weighted by Gasteiger charge is 2.16. The van der Waals surface area contributed by atoms with Gasteiger partial charge in [-0.2, -0.15) is 0 Å². The zero-order valence-electron chi connectivity index (χ0n) is 10.3. The molecule has 0 aromatic carbocycles. The number of hydrogen-bond donors (Lipinski definition) is 1. The summed E-state index contributed by atoms with van der Waals surface area (Å²) in [6.45, 7) is 4.09. The lowest BCUT2D eigenvalue weighted by atomic mass is 10.2. The average molecular weight is 302 g/mol. The molecule has 2 aromatic heterocycles. The zero-order chi connectivity index (χ0) is 13.3. The zero-order valence-corrected chi connectivity index (χ0v) is 12.6. The molecular weight excluding hydrogens is 289 g/mol. The van der Waals surface area contributed by atoms with E-state index in [-0.39, 0.29) is 6.04 Å². The van der Waals surface area contributed by atoms with Crippen molar-refractivity contribution in [3.63, 3.8) is 0 Å². The van der Waals surface area contributed by atoms with Crippen LogP contribution in [0.5, 0.6) is 0 Å². The lowest BCUT2D eigenvalue weighted by Crippen LogP contribution is -2.11. The van der Waals surface area contributed by atoms with Crippen molar-refractivity contribution in [2.24, 2.45) is 0 Å². The van der Waals surface area contributed by atoms with Crippen molar-refractivity contribution in [3.8, 4) is 10.7 Å². The summed E-state index contributed by atoms with van der Waals surface area (Å²) in [7, 11) is 1.93. The SMILES string of the molecule is CNC(C)c1sc(-c2ncc(Cl)cc2Cl)nc1C. The molecule has 0 fully saturated rings. The third kappa shape index (κ3) is 2.67. The molecule has 0 radical (unpaired) electrons. The maximum absolute atomic E-state index is 6.14. The summed E-state index contributed by atoms with van der Waals surface area (Å²) in [4.78, 5) is 9.97. The van der Waals surface area contributed by atoms with Crippen molar-refractivity contribution in [2.75, 3.05) is 7.05 Å². The number of nitrogens with zero attached hydrogens (tertiary/aromatic N) is 2. The highest BCUT2D eigenvalue weighted by Crippen LogP contribution is 2.34. The van der Waals surface area contributed by atoms with Gasteiger partial charge in [0.25, 0.3) is 0 Å². The fraction of sp³-hybridized carbons (Fsp3) is 0.333. The van der Waals surface area contributed by atoms with Gasteiger partial charge in [0.05, 0.1) is 15.7 Å². The van der Waals surface area contributed by atoms with E-state index in [1.165, 1.54) is 4.88 Å². The molecule has 1 N–H and O–H groups in total. The molecule has 0 saturated carbocycles. The first-order valence-electron chi connectivity index (χ1n) is 5.49. The number of hydrogen-bond acceptors (Lipinski definition) is 4. The van der Waals surface area contributed by atoms with Gasteiger partial charge in [0.2, 0.25) is 0 Å². The van der Waals surface area contributed by atoms with Crippen LogP contribution >= 0.6 is 34.5 Å². The number of rotatable bonds is 3. The Morgan fingerprint density at radius 3 is 2.72 bits per heavy atom. The first-order chi connectivity index (χ1) is 8.52. The van der Waals surface area contributed by atoms with E-state index in [1.807, 2.05) is 14.0 Å². The summed E-state index contributed by atoms with van der Waals surface area (Å²) in [6.07, 6.45) is 1.58. The van der Waals surface area contributed by atoms with Crippen LogP contribution in [-0.4, -0.2) is 17.0 Å². The van der Waals surface area contributed by atoms with Crippen molar-refractivity contribution in [3.05, 3.63) is 32.9 Å². The van der Waals surface area contributed by atoms with Gasteiger partial charge < -0.3 is 5.32 Å². The van der Waals surface area contributed by atoms with Gasteiger partial charge in [0.15, 0.2) is 0 Å². The molecule has 1 unspecified atom stereocenters. The molecule has 0 aliphatic heterocycles. The van der Waals surface area contributed by atoms with Gasteiger partial charge >= 0.3 is 0 Å². The van der Waals surface area contributed by atoms with Gasteiger partial charge in [0.1, 0.15) is 10.7 Å². The van der Waals surface area contributed by atoms with Gasteiger partial charge in [-0.3, -0.25) is 4.98 Å². The van der Waals surface area contributed by atoms with E-state index >= 15 is 0 Å². The molecule has 0 saturated heterocycles. The molecule has 2 heterocycles. The van der Waals surface area contributed by atoms with Crippen LogP contribution in [-0.2, 0) is 0 Å². The minimum atomic E-state index is 0.266. The fourth-order valence-corrected chi connectivity index (χ4v) is 3.28. The second-order valence-corrected chi connectivity index (χ2v) is 5.84. The van der Waals surface area contributed by atoms with Crippen molar-refractivity contribution >= 4 is 34.5 Å². The maximum Gasteiger partial charge on any atom is 0.143 e. The number of thiazole rings is 1. The van der Waals surface area contributed by atoms with E-state index in [0.717, 1.165) is 10.7 Å². The summed E-state index contributed by atoms with van der Waals surface area (Å²) >= 11 is 13.6. The average Bonchev–Trinajstić information content (AvgIpc) is 2.70. The largest absolute Gasteiger partial charge is 0.312 e. The van der Waals surface area contributed by atoms with Crippen LogP contribution in [0.15, 0.2) is 12.3 Å². The topological polar surface area (TPSA) is 37.8 Å². The normalized spacial score (nSPS) is 12.7. The minimum absolute atomic E-state index is 0.266. The minimum Gasteiger partial charge on any atom is -0.312 e. The van der Waals surface area contributed by atoms with E-state index in [9.17, 15) is 0 Å². The standard InChI is InChI=1S/C12H13Cl2N3S/c1-6(15-3)11-7(2)17-12(18-11)10-9(14)4-8(13)5-16-10/h4-6,15H,1-3H3. The molecule has 18 heavy (non-hydrogen) atoms. The maximum atomic E-state index is 6.14. The van der Waals surface area contributed by atoms with Crippen LogP contribution in [0.4, 0.5) is 0 Å². The second-order valence-electron chi connectivity index (χ2n) is 3.96. The van der Waals surface area contributed by atoms with Gasteiger partial charge in [-0.25, -0.2) is 4.98 Å². The molecule has 0 bridgehead atoms. The Labute approximate surface area is 120 Å². The van der Waals surface area contributed by atoms with Crippen molar-refractivity contribution < 1.29 is 0 Å². The molecule has 2 aromatic rings. The van der Waals surface area contributed by atoms with Crippen molar-refractivity contribution in [1.82, 2.24) is 15.3 Å². The van der Waals surface area contributed by atoms with E-state index in [0.29, 0.717) is 15.7 Å². The predicted molar refractivity (Wildman–Crippen MR) is 77.6 cm³/mol. The predicted octanol–water partition coefficient (Wildman–Crippen LogP) is 4.10. The van der Waals surface area contributed by atoms with Crippen molar-refractivity contribution in [1.29, 1.82) is 0 Å². The molecule has 0 aliphatic rings. The summed E-state index contributed by atoms with van der Waals surface area (Å²) in [6, 6.07) is 1.95. The number of halogens is 2. The molecule has 6 heteroatoms. The third-order valence-electron chi connectivity index (χ3n) is 2.67. The Balaban J connectivity index is 2.45. The Kier molecular flexibility index (Phi) is 4.22. The summed E-state index contributed by atoms with van der Waals surface area (Å²) < 4.78 is 0. The Hall–Kier alpha value is -0.680. The Bertz CT molecular complexity index is 568. The van der Waals surface area contributed by atoms with Crippen LogP contribution in [0.25, 0.3) is 10.7 Å². The fourth-order valence-electron chi connectivity index (χ4n) is 1.61. The molecule has 3 nitrogen and oxygen atoms in total. The van der Waals surface area contributed by atoms with Gasteiger partial charge in [-0.1, -0.05) is 23.2 Å². The van der Waals surface area contributed by atoms with Crippen LogP contribution < -0.4 is 5.32 Å². The van der Waals surface area contributed by atoms with Gasteiger partial charge in [0, 0.05) is 17.1 Å². The summed E-state index contributed by atoms with van der Waals surface area (Å²) in [5, 5.41) is 5.09. The number of aryl methyl sites for hydroxylation is 1. The van der Waals surface area contributed by atoms with Crippen molar-refractivity contribution in [2.45, 2.75) is 19.9 Å². The molecule has 1 atom stereocenters. The van der Waals surface area contributed by atoms with Crippen LogP contribution in [0, 0.1) is 6.92 Å². The van der Waals surface area contributed by atoms with E-state index in [2.05, 4.69) is 22.2 Å². The second kappa shape index (κ2) is 5.53. The molecule has 2 rings (SSSR count). The van der Waals surface area contributed by atoms with Gasteiger partial charge in [-0.15, -0.1) is 11.3 Å². The number of aromatic nitrogens is 2.